The molecule has 0 spiro atoms. The summed E-state index contributed by atoms with van der Waals surface area (Å²) in [6.07, 6.45) is 1.87. The number of benzene rings is 1. The number of rotatable bonds is 7. The Morgan fingerprint density at radius 3 is 2.59 bits per heavy atom. The molecule has 0 saturated carbocycles. The van der Waals surface area contributed by atoms with Crippen molar-refractivity contribution in [1.29, 1.82) is 0 Å². The van der Waals surface area contributed by atoms with Crippen LogP contribution in [0.1, 0.15) is 26.7 Å². The van der Waals surface area contributed by atoms with E-state index in [9.17, 15) is 4.79 Å². The number of hydrogen-bond donors (Lipinski definition) is 0. The van der Waals surface area contributed by atoms with Crippen LogP contribution >= 0.6 is 0 Å². The Hall–Kier alpha value is -1.51. The molecule has 0 fully saturated rings. The van der Waals surface area contributed by atoms with Gasteiger partial charge in [0.25, 0.3) is 0 Å². The van der Waals surface area contributed by atoms with Crippen molar-refractivity contribution in [3.8, 4) is 5.75 Å². The predicted octanol–water partition coefficient (Wildman–Crippen LogP) is 3.04. The molecule has 1 aromatic rings. The Morgan fingerprint density at radius 1 is 1.24 bits per heavy atom. The van der Waals surface area contributed by atoms with Crippen molar-refractivity contribution >= 4 is 5.97 Å². The fourth-order valence-corrected chi connectivity index (χ4v) is 1.51. The van der Waals surface area contributed by atoms with Crippen molar-refractivity contribution in [1.82, 2.24) is 0 Å². The molecule has 0 aliphatic carbocycles. The molecule has 0 bridgehead atoms. The maximum absolute atomic E-state index is 11.5. The van der Waals surface area contributed by atoms with Crippen LogP contribution in [0.2, 0.25) is 0 Å². The number of carbonyl (C=O) groups excluding carboxylic acids is 1. The lowest BCUT2D eigenvalue weighted by atomic mass is 10.1. The highest BCUT2D eigenvalue weighted by atomic mass is 16.6. The first kappa shape index (κ1) is 13.6. The smallest absolute Gasteiger partial charge is 0.308 e. The van der Waals surface area contributed by atoms with E-state index in [4.69, 9.17) is 9.47 Å². The summed E-state index contributed by atoms with van der Waals surface area (Å²) in [5.74, 6) is 0.644. The van der Waals surface area contributed by atoms with E-state index in [2.05, 4.69) is 6.92 Å². The molecule has 1 unspecified atom stereocenters. The summed E-state index contributed by atoms with van der Waals surface area (Å²) in [5.41, 5.74) is 0. The van der Waals surface area contributed by atoms with Crippen molar-refractivity contribution in [2.24, 2.45) is 5.92 Å². The zero-order valence-corrected chi connectivity index (χ0v) is 10.5. The molecule has 1 atom stereocenters. The molecule has 0 saturated heterocycles. The molecular formula is C14H20O3. The minimum atomic E-state index is -0.136. The molecular weight excluding hydrogens is 216 g/mol. The Morgan fingerprint density at radius 2 is 1.94 bits per heavy atom. The minimum Gasteiger partial charge on any atom is -0.490 e. The van der Waals surface area contributed by atoms with Crippen molar-refractivity contribution in [2.45, 2.75) is 26.7 Å². The number of carbonyl (C=O) groups is 1. The second kappa shape index (κ2) is 7.71. The van der Waals surface area contributed by atoms with E-state index in [-0.39, 0.29) is 11.9 Å². The van der Waals surface area contributed by atoms with Gasteiger partial charge in [-0.2, -0.15) is 0 Å². The Bertz CT molecular complexity index is 321. The van der Waals surface area contributed by atoms with Gasteiger partial charge >= 0.3 is 5.97 Å². The van der Waals surface area contributed by atoms with Gasteiger partial charge in [0.1, 0.15) is 19.0 Å². The molecule has 0 heterocycles. The molecule has 1 rings (SSSR count). The fourth-order valence-electron chi connectivity index (χ4n) is 1.51. The average Bonchev–Trinajstić information content (AvgIpc) is 2.36. The number of para-hydroxylation sites is 1. The lowest BCUT2D eigenvalue weighted by Crippen LogP contribution is -2.18. The fraction of sp³-hybridized carbons (Fsp3) is 0.500. The average molecular weight is 236 g/mol. The molecule has 94 valence electrons. The van der Waals surface area contributed by atoms with Crippen LogP contribution in [0, 0.1) is 5.92 Å². The number of ether oxygens (including phenoxy) is 2. The van der Waals surface area contributed by atoms with E-state index in [1.54, 1.807) is 0 Å². The summed E-state index contributed by atoms with van der Waals surface area (Å²) in [7, 11) is 0. The summed E-state index contributed by atoms with van der Waals surface area (Å²) in [5, 5.41) is 0. The van der Waals surface area contributed by atoms with Crippen LogP contribution in [0.25, 0.3) is 0 Å². The van der Waals surface area contributed by atoms with Crippen LogP contribution in [0.4, 0.5) is 0 Å². The van der Waals surface area contributed by atoms with Gasteiger partial charge in [0.05, 0.1) is 5.92 Å². The summed E-state index contributed by atoms with van der Waals surface area (Å²) in [6.45, 7) is 4.66. The monoisotopic (exact) mass is 236 g/mol. The summed E-state index contributed by atoms with van der Waals surface area (Å²) in [4.78, 5) is 11.5. The van der Waals surface area contributed by atoms with E-state index in [0.29, 0.717) is 13.2 Å². The van der Waals surface area contributed by atoms with Gasteiger partial charge < -0.3 is 9.47 Å². The molecule has 0 aliphatic heterocycles. The van der Waals surface area contributed by atoms with E-state index in [1.165, 1.54) is 0 Å². The highest BCUT2D eigenvalue weighted by Gasteiger charge is 2.12. The van der Waals surface area contributed by atoms with Crippen LogP contribution in [0.3, 0.4) is 0 Å². The van der Waals surface area contributed by atoms with Crippen molar-refractivity contribution in [3.05, 3.63) is 30.3 Å². The quantitative estimate of drug-likeness (QED) is 0.539. The highest BCUT2D eigenvalue weighted by Crippen LogP contribution is 2.09. The normalized spacial score (nSPS) is 11.9. The van der Waals surface area contributed by atoms with Gasteiger partial charge in [-0.25, -0.2) is 0 Å². The van der Waals surface area contributed by atoms with E-state index in [0.717, 1.165) is 18.6 Å². The summed E-state index contributed by atoms with van der Waals surface area (Å²) < 4.78 is 10.5. The molecule has 0 amide bonds. The van der Waals surface area contributed by atoms with E-state index in [1.807, 2.05) is 37.3 Å². The van der Waals surface area contributed by atoms with Gasteiger partial charge in [-0.1, -0.05) is 38.5 Å². The zero-order valence-electron chi connectivity index (χ0n) is 10.5. The first-order valence-corrected chi connectivity index (χ1v) is 6.08. The van der Waals surface area contributed by atoms with Crippen molar-refractivity contribution in [3.63, 3.8) is 0 Å². The van der Waals surface area contributed by atoms with Crippen LogP contribution < -0.4 is 4.74 Å². The van der Waals surface area contributed by atoms with Crippen molar-refractivity contribution < 1.29 is 14.3 Å². The second-order valence-corrected chi connectivity index (χ2v) is 4.02. The Kier molecular flexibility index (Phi) is 6.15. The van der Waals surface area contributed by atoms with E-state index >= 15 is 0 Å². The van der Waals surface area contributed by atoms with E-state index < -0.39 is 0 Å². The molecule has 0 aromatic heterocycles. The Balaban J connectivity index is 2.14. The topological polar surface area (TPSA) is 35.5 Å². The lowest BCUT2D eigenvalue weighted by Gasteiger charge is -2.11. The van der Waals surface area contributed by atoms with Gasteiger partial charge in [0, 0.05) is 0 Å². The molecule has 3 heteroatoms. The van der Waals surface area contributed by atoms with Gasteiger partial charge in [0.2, 0.25) is 0 Å². The van der Waals surface area contributed by atoms with Gasteiger partial charge in [0.15, 0.2) is 0 Å². The van der Waals surface area contributed by atoms with Gasteiger partial charge in [-0.05, 0) is 18.6 Å². The molecule has 3 nitrogen and oxygen atoms in total. The van der Waals surface area contributed by atoms with Crippen molar-refractivity contribution in [2.75, 3.05) is 13.2 Å². The SMILES string of the molecule is CCCC(C)C(=O)OCCOc1ccccc1. The second-order valence-electron chi connectivity index (χ2n) is 4.02. The first-order valence-electron chi connectivity index (χ1n) is 6.08. The Labute approximate surface area is 103 Å². The molecule has 1 aromatic carbocycles. The standard InChI is InChI=1S/C14H20O3/c1-3-7-12(2)14(15)17-11-10-16-13-8-5-4-6-9-13/h4-6,8-9,12H,3,7,10-11H2,1-2H3. The maximum atomic E-state index is 11.5. The van der Waals surface area contributed by atoms with Crippen LogP contribution in [-0.4, -0.2) is 19.2 Å². The van der Waals surface area contributed by atoms with Crippen LogP contribution in [0.5, 0.6) is 5.75 Å². The highest BCUT2D eigenvalue weighted by molar-refractivity contribution is 5.71. The third kappa shape index (κ3) is 5.38. The van der Waals surface area contributed by atoms with Gasteiger partial charge in [-0.3, -0.25) is 4.79 Å². The molecule has 0 radical (unpaired) electrons. The number of esters is 1. The lowest BCUT2D eigenvalue weighted by molar-refractivity contribution is -0.148. The third-order valence-corrected chi connectivity index (χ3v) is 2.46. The van der Waals surface area contributed by atoms with Gasteiger partial charge in [-0.15, -0.1) is 0 Å². The number of hydrogen-bond acceptors (Lipinski definition) is 3. The zero-order chi connectivity index (χ0) is 12.5. The largest absolute Gasteiger partial charge is 0.490 e. The maximum Gasteiger partial charge on any atom is 0.308 e. The minimum absolute atomic E-state index is 0.0169. The molecule has 0 N–H and O–H groups in total. The first-order chi connectivity index (χ1) is 8.24. The third-order valence-electron chi connectivity index (χ3n) is 2.46. The summed E-state index contributed by atoms with van der Waals surface area (Å²) in [6, 6.07) is 9.50. The van der Waals surface area contributed by atoms with Crippen LogP contribution in [0.15, 0.2) is 30.3 Å². The molecule has 0 aliphatic rings. The summed E-state index contributed by atoms with van der Waals surface area (Å²) >= 11 is 0. The predicted molar refractivity (Wildman–Crippen MR) is 67.0 cm³/mol. The molecule has 17 heavy (non-hydrogen) atoms. The van der Waals surface area contributed by atoms with Crippen LogP contribution in [-0.2, 0) is 9.53 Å².